The van der Waals surface area contributed by atoms with E-state index in [2.05, 4.69) is 11.1 Å². The fraction of sp³-hybridized carbons (Fsp3) is 0.143. The summed E-state index contributed by atoms with van der Waals surface area (Å²) >= 11 is 5.48. The van der Waals surface area contributed by atoms with Crippen molar-refractivity contribution in [3.8, 4) is 22.7 Å². The monoisotopic (exact) mass is 378 g/mol. The molecule has 0 spiro atoms. The van der Waals surface area contributed by atoms with Gasteiger partial charge in [0.15, 0.2) is 16.1 Å². The normalized spacial score (nSPS) is 11.1. The van der Waals surface area contributed by atoms with Gasteiger partial charge in [-0.2, -0.15) is 0 Å². The van der Waals surface area contributed by atoms with E-state index in [0.717, 1.165) is 16.6 Å². The molecule has 0 bridgehead atoms. The first-order valence-electron chi connectivity index (χ1n) is 8.48. The number of hydrogen-bond acceptors (Lipinski definition) is 4. The fourth-order valence-corrected chi connectivity index (χ4v) is 3.51. The third-order valence-corrected chi connectivity index (χ3v) is 4.86. The zero-order valence-electron chi connectivity index (χ0n) is 15.2. The molecular weight excluding hydrogens is 360 g/mol. The lowest BCUT2D eigenvalue weighted by molar-refractivity contribution is 0.407. The molecule has 2 heterocycles. The van der Waals surface area contributed by atoms with Gasteiger partial charge in [0.25, 0.3) is 0 Å². The summed E-state index contributed by atoms with van der Waals surface area (Å²) < 4.78 is 13.2. The largest absolute Gasteiger partial charge is 0.493 e. The molecule has 136 valence electrons. The maximum absolute atomic E-state index is 12.6. The number of rotatable bonds is 3. The average molecular weight is 378 g/mol. The van der Waals surface area contributed by atoms with Gasteiger partial charge in [0.1, 0.15) is 0 Å². The van der Waals surface area contributed by atoms with Crippen LogP contribution < -0.4 is 10.4 Å². The molecule has 0 fully saturated rings. The minimum absolute atomic E-state index is 0.422. The molecule has 6 heteroatoms. The van der Waals surface area contributed by atoms with Crippen LogP contribution in [-0.4, -0.2) is 16.7 Å². The number of imidazole rings is 1. The first kappa shape index (κ1) is 17.3. The number of nitrogens with zero attached hydrogens (tertiary/aromatic N) is 1. The summed E-state index contributed by atoms with van der Waals surface area (Å²) in [5.41, 5.74) is 4.27. The Bertz CT molecular complexity index is 1280. The van der Waals surface area contributed by atoms with Crippen LogP contribution >= 0.6 is 12.2 Å². The Kier molecular flexibility index (Phi) is 4.20. The molecule has 5 nitrogen and oxygen atoms in total. The lowest BCUT2D eigenvalue weighted by Crippen LogP contribution is -2.03. The van der Waals surface area contributed by atoms with Gasteiger partial charge < -0.3 is 14.1 Å². The van der Waals surface area contributed by atoms with E-state index >= 15 is 0 Å². The molecule has 1 N–H and O–H groups in total. The van der Waals surface area contributed by atoms with E-state index in [1.165, 1.54) is 5.56 Å². The minimum Gasteiger partial charge on any atom is -0.493 e. The Hall–Kier alpha value is -3.12. The second-order valence-electron chi connectivity index (χ2n) is 6.46. The van der Waals surface area contributed by atoms with Crippen molar-refractivity contribution >= 4 is 23.2 Å². The Morgan fingerprint density at radius 3 is 2.70 bits per heavy atom. The number of H-pyrrole nitrogens is 1. The summed E-state index contributed by atoms with van der Waals surface area (Å²) in [5.74, 6) is 0.525. The smallest absolute Gasteiger partial charge is 0.345 e. The molecule has 0 unspecified atom stereocenters. The highest BCUT2D eigenvalue weighted by Crippen LogP contribution is 2.27. The average Bonchev–Trinajstić information content (AvgIpc) is 3.02. The molecule has 0 aliphatic carbocycles. The van der Waals surface area contributed by atoms with Crippen molar-refractivity contribution in [2.45, 2.75) is 13.8 Å². The zero-order chi connectivity index (χ0) is 19.1. The fourth-order valence-electron chi connectivity index (χ4n) is 3.25. The maximum Gasteiger partial charge on any atom is 0.345 e. The number of fused-ring (bicyclic) bond motifs is 1. The van der Waals surface area contributed by atoms with Crippen molar-refractivity contribution in [3.05, 3.63) is 75.0 Å². The number of para-hydroxylation sites is 1. The summed E-state index contributed by atoms with van der Waals surface area (Å²) in [4.78, 5) is 15.7. The van der Waals surface area contributed by atoms with Crippen LogP contribution in [0.3, 0.4) is 0 Å². The standard InChI is InChI=1S/C21H18N2O3S/c1-12-7-8-17(13(2)9-12)23-11-16(22-21(23)27)15-10-14-5-4-6-18(25-3)19(14)26-20(15)24/h4-11H,1-3H3,(H,22,27). The summed E-state index contributed by atoms with van der Waals surface area (Å²) in [6.07, 6.45) is 1.83. The number of methoxy groups -OCH3 is 1. The lowest BCUT2D eigenvalue weighted by atomic mass is 10.1. The predicted molar refractivity (Wildman–Crippen MR) is 108 cm³/mol. The van der Waals surface area contributed by atoms with Gasteiger partial charge in [-0.1, -0.05) is 29.8 Å². The molecule has 27 heavy (non-hydrogen) atoms. The topological polar surface area (TPSA) is 60.2 Å². The van der Waals surface area contributed by atoms with Crippen LogP contribution in [0.1, 0.15) is 11.1 Å². The van der Waals surface area contributed by atoms with E-state index in [1.54, 1.807) is 19.2 Å². The molecule has 0 aliphatic rings. The quantitative estimate of drug-likeness (QED) is 0.405. The second kappa shape index (κ2) is 6.55. The Morgan fingerprint density at radius 1 is 1.15 bits per heavy atom. The van der Waals surface area contributed by atoms with Crippen LogP contribution in [0.2, 0.25) is 0 Å². The highest BCUT2D eigenvalue weighted by atomic mass is 32.1. The van der Waals surface area contributed by atoms with Gasteiger partial charge >= 0.3 is 5.63 Å². The molecule has 0 radical (unpaired) electrons. The van der Waals surface area contributed by atoms with Crippen molar-refractivity contribution < 1.29 is 9.15 Å². The van der Waals surface area contributed by atoms with Crippen LogP contribution in [0, 0.1) is 18.6 Å². The molecule has 0 saturated heterocycles. The number of aryl methyl sites for hydroxylation is 2. The third-order valence-electron chi connectivity index (χ3n) is 4.56. The van der Waals surface area contributed by atoms with Crippen LogP contribution in [0.4, 0.5) is 0 Å². The van der Waals surface area contributed by atoms with E-state index in [-0.39, 0.29) is 0 Å². The highest BCUT2D eigenvalue weighted by Gasteiger charge is 2.14. The van der Waals surface area contributed by atoms with Crippen LogP contribution in [0.5, 0.6) is 5.75 Å². The van der Waals surface area contributed by atoms with Crippen molar-refractivity contribution in [2.75, 3.05) is 7.11 Å². The number of ether oxygens (including phenoxy) is 1. The summed E-state index contributed by atoms with van der Waals surface area (Å²) in [6, 6.07) is 13.4. The molecule has 2 aromatic carbocycles. The van der Waals surface area contributed by atoms with Crippen molar-refractivity contribution in [3.63, 3.8) is 0 Å². The SMILES string of the molecule is COc1cccc2cc(-c3cn(-c4ccc(C)cc4C)c(=S)[nH]3)c(=O)oc12. The molecule has 0 atom stereocenters. The van der Waals surface area contributed by atoms with Crippen molar-refractivity contribution in [2.24, 2.45) is 0 Å². The zero-order valence-corrected chi connectivity index (χ0v) is 16.0. The van der Waals surface area contributed by atoms with Gasteiger partial charge in [-0.3, -0.25) is 4.57 Å². The van der Waals surface area contributed by atoms with E-state index in [4.69, 9.17) is 21.4 Å². The molecule has 2 aromatic heterocycles. The van der Waals surface area contributed by atoms with Crippen molar-refractivity contribution in [1.29, 1.82) is 0 Å². The molecule has 0 saturated carbocycles. The molecule has 0 amide bonds. The Balaban J connectivity index is 1.89. The van der Waals surface area contributed by atoms with Gasteiger partial charge in [-0.05, 0) is 49.8 Å². The first-order valence-corrected chi connectivity index (χ1v) is 8.89. The van der Waals surface area contributed by atoms with Gasteiger partial charge in [-0.15, -0.1) is 0 Å². The molecule has 4 aromatic rings. The van der Waals surface area contributed by atoms with Crippen LogP contribution in [-0.2, 0) is 0 Å². The van der Waals surface area contributed by atoms with Gasteiger partial charge in [0.05, 0.1) is 24.1 Å². The van der Waals surface area contributed by atoms with E-state index in [0.29, 0.717) is 27.4 Å². The number of hydrogen-bond donors (Lipinski definition) is 1. The maximum atomic E-state index is 12.6. The van der Waals surface area contributed by atoms with E-state index < -0.39 is 5.63 Å². The summed E-state index contributed by atoms with van der Waals surface area (Å²) in [5, 5.41) is 0.780. The third kappa shape index (κ3) is 2.98. The summed E-state index contributed by atoms with van der Waals surface area (Å²) in [6.45, 7) is 4.08. The first-order chi connectivity index (χ1) is 13.0. The molecular formula is C21H18N2O3S. The number of aromatic amines is 1. The van der Waals surface area contributed by atoms with Gasteiger partial charge in [0.2, 0.25) is 0 Å². The highest BCUT2D eigenvalue weighted by molar-refractivity contribution is 7.71. The van der Waals surface area contributed by atoms with Crippen molar-refractivity contribution in [1.82, 2.24) is 9.55 Å². The Morgan fingerprint density at radius 2 is 1.96 bits per heavy atom. The van der Waals surface area contributed by atoms with Gasteiger partial charge in [0, 0.05) is 11.6 Å². The minimum atomic E-state index is -0.448. The van der Waals surface area contributed by atoms with Crippen LogP contribution in [0.15, 0.2) is 57.9 Å². The number of aromatic nitrogens is 2. The number of nitrogens with one attached hydrogen (secondary N) is 1. The van der Waals surface area contributed by atoms with E-state index in [9.17, 15) is 4.79 Å². The van der Waals surface area contributed by atoms with E-state index in [1.807, 2.05) is 48.9 Å². The molecule has 4 rings (SSSR count). The number of benzene rings is 2. The van der Waals surface area contributed by atoms with Crippen LogP contribution in [0.25, 0.3) is 27.9 Å². The Labute approximate surface area is 160 Å². The van der Waals surface area contributed by atoms with Gasteiger partial charge in [-0.25, -0.2) is 4.79 Å². The summed E-state index contributed by atoms with van der Waals surface area (Å²) in [7, 11) is 1.55. The lowest BCUT2D eigenvalue weighted by Gasteiger charge is -2.07. The molecule has 0 aliphatic heterocycles. The predicted octanol–water partition coefficient (Wildman–Crippen LogP) is 4.93. The second-order valence-corrected chi connectivity index (χ2v) is 6.85.